The molecule has 0 bridgehead atoms. The van der Waals surface area contributed by atoms with Crippen LogP contribution in [-0.4, -0.2) is 53.7 Å². The third kappa shape index (κ3) is 3.08. The Morgan fingerprint density at radius 3 is 2.73 bits per heavy atom. The Morgan fingerprint density at radius 1 is 1.35 bits per heavy atom. The van der Waals surface area contributed by atoms with Gasteiger partial charge in [0.2, 0.25) is 0 Å². The Morgan fingerprint density at radius 2 is 2.08 bits per heavy atom. The lowest BCUT2D eigenvalue weighted by atomic mass is 10.1. The topological polar surface area (TPSA) is 93.3 Å². The SMILES string of the molecule is C=CCn1c(C)cc(C(=O)CN2Cc3nnc(C)n3CC2C(=O)O)c1C. The molecule has 0 aliphatic carbocycles. The average Bonchev–Trinajstić information content (AvgIpc) is 3.08. The zero-order valence-corrected chi connectivity index (χ0v) is 15.3. The van der Waals surface area contributed by atoms with Gasteiger partial charge < -0.3 is 14.2 Å². The molecule has 26 heavy (non-hydrogen) atoms. The number of allylic oxidation sites excluding steroid dienone is 1. The summed E-state index contributed by atoms with van der Waals surface area (Å²) in [7, 11) is 0. The van der Waals surface area contributed by atoms with Crippen molar-refractivity contribution >= 4 is 11.8 Å². The third-order valence-corrected chi connectivity index (χ3v) is 4.97. The number of ketones is 1. The van der Waals surface area contributed by atoms with Gasteiger partial charge in [-0.1, -0.05) is 6.08 Å². The average molecular weight is 357 g/mol. The zero-order valence-electron chi connectivity index (χ0n) is 15.3. The molecule has 0 fully saturated rings. The van der Waals surface area contributed by atoms with E-state index in [1.807, 2.05) is 24.5 Å². The zero-order chi connectivity index (χ0) is 19.0. The normalized spacial score (nSPS) is 17.1. The summed E-state index contributed by atoms with van der Waals surface area (Å²) in [4.78, 5) is 26.2. The molecule has 1 N–H and O–H groups in total. The summed E-state index contributed by atoms with van der Waals surface area (Å²) in [6, 6.07) is 1.07. The molecule has 1 aliphatic heterocycles. The number of carboxylic acid groups (broad SMARTS) is 1. The molecular weight excluding hydrogens is 334 g/mol. The van der Waals surface area contributed by atoms with E-state index < -0.39 is 12.0 Å². The van der Waals surface area contributed by atoms with E-state index in [0.29, 0.717) is 23.8 Å². The number of carbonyl (C=O) groups is 2. The van der Waals surface area contributed by atoms with E-state index in [-0.39, 0.29) is 25.4 Å². The van der Waals surface area contributed by atoms with Crippen molar-refractivity contribution in [3.63, 3.8) is 0 Å². The number of carbonyl (C=O) groups excluding carboxylic acids is 1. The highest BCUT2D eigenvalue weighted by Gasteiger charge is 2.35. The van der Waals surface area contributed by atoms with E-state index in [1.165, 1.54) is 0 Å². The molecule has 138 valence electrons. The second kappa shape index (κ2) is 6.87. The fourth-order valence-corrected chi connectivity index (χ4v) is 3.52. The first-order chi connectivity index (χ1) is 12.3. The smallest absolute Gasteiger partial charge is 0.322 e. The number of Topliss-reactive ketones (excluding diaryl/α,β-unsaturated/α-hetero) is 1. The van der Waals surface area contributed by atoms with Crippen molar-refractivity contribution in [2.24, 2.45) is 0 Å². The highest BCUT2D eigenvalue weighted by molar-refractivity contribution is 5.99. The summed E-state index contributed by atoms with van der Waals surface area (Å²) in [5, 5.41) is 17.7. The number of rotatable bonds is 6. The monoisotopic (exact) mass is 357 g/mol. The van der Waals surface area contributed by atoms with Crippen molar-refractivity contribution in [1.29, 1.82) is 0 Å². The van der Waals surface area contributed by atoms with Gasteiger partial charge in [0.15, 0.2) is 5.78 Å². The van der Waals surface area contributed by atoms with E-state index in [1.54, 1.807) is 22.5 Å². The predicted molar refractivity (Wildman–Crippen MR) is 95.0 cm³/mol. The van der Waals surface area contributed by atoms with Crippen LogP contribution in [0.15, 0.2) is 18.7 Å². The Hall–Kier alpha value is -2.74. The largest absolute Gasteiger partial charge is 0.480 e. The lowest BCUT2D eigenvalue weighted by Gasteiger charge is -2.32. The summed E-state index contributed by atoms with van der Waals surface area (Å²) < 4.78 is 3.82. The Bertz CT molecular complexity index is 880. The first-order valence-electron chi connectivity index (χ1n) is 8.49. The Balaban J connectivity index is 1.85. The minimum Gasteiger partial charge on any atom is -0.480 e. The Labute approximate surface area is 151 Å². The van der Waals surface area contributed by atoms with Gasteiger partial charge in [-0.25, -0.2) is 0 Å². The number of aromatic nitrogens is 4. The molecule has 2 aromatic rings. The van der Waals surface area contributed by atoms with Crippen LogP contribution in [0.2, 0.25) is 0 Å². The molecule has 3 heterocycles. The van der Waals surface area contributed by atoms with Crippen molar-refractivity contribution in [1.82, 2.24) is 24.2 Å². The molecular formula is C18H23N5O3. The van der Waals surface area contributed by atoms with Gasteiger partial charge in [-0.05, 0) is 26.8 Å². The summed E-state index contributed by atoms with van der Waals surface area (Å²) in [5.41, 5.74) is 2.47. The van der Waals surface area contributed by atoms with Gasteiger partial charge in [0, 0.05) is 23.5 Å². The number of nitrogens with zero attached hydrogens (tertiary/aromatic N) is 5. The van der Waals surface area contributed by atoms with Crippen LogP contribution in [0.25, 0.3) is 0 Å². The molecule has 2 aromatic heterocycles. The van der Waals surface area contributed by atoms with Crippen LogP contribution in [0.1, 0.15) is 33.4 Å². The van der Waals surface area contributed by atoms with E-state index in [9.17, 15) is 14.7 Å². The van der Waals surface area contributed by atoms with Gasteiger partial charge >= 0.3 is 5.97 Å². The quantitative estimate of drug-likeness (QED) is 0.619. The van der Waals surface area contributed by atoms with E-state index in [0.717, 1.165) is 11.4 Å². The molecule has 8 nitrogen and oxygen atoms in total. The minimum absolute atomic E-state index is 0.0290. The lowest BCUT2D eigenvalue weighted by molar-refractivity contribution is -0.144. The van der Waals surface area contributed by atoms with Crippen LogP contribution in [-0.2, 0) is 24.4 Å². The standard InChI is InChI=1S/C18H23N5O3/c1-5-6-22-11(2)7-14(12(22)3)16(24)9-21-10-17-20-19-13(4)23(17)8-15(21)18(25)26/h5,7,15H,1,6,8-10H2,2-4H3,(H,25,26). The van der Waals surface area contributed by atoms with Crippen LogP contribution in [0, 0.1) is 20.8 Å². The third-order valence-electron chi connectivity index (χ3n) is 4.97. The molecule has 8 heteroatoms. The molecule has 0 saturated heterocycles. The van der Waals surface area contributed by atoms with Gasteiger partial charge in [-0.2, -0.15) is 0 Å². The summed E-state index contributed by atoms with van der Waals surface area (Å²) >= 11 is 0. The fraction of sp³-hybridized carbons (Fsp3) is 0.444. The molecule has 3 rings (SSSR count). The first-order valence-corrected chi connectivity index (χ1v) is 8.49. The predicted octanol–water partition coefficient (Wildman–Crippen LogP) is 1.34. The van der Waals surface area contributed by atoms with Crippen LogP contribution < -0.4 is 0 Å². The number of carboxylic acids is 1. The van der Waals surface area contributed by atoms with Crippen LogP contribution in [0.3, 0.4) is 0 Å². The number of aliphatic carboxylic acids is 1. The molecule has 0 spiro atoms. The molecule has 1 atom stereocenters. The molecule has 1 unspecified atom stereocenters. The number of aryl methyl sites for hydroxylation is 2. The Kier molecular flexibility index (Phi) is 4.78. The highest BCUT2D eigenvalue weighted by atomic mass is 16.4. The van der Waals surface area contributed by atoms with Crippen LogP contribution in [0.5, 0.6) is 0 Å². The summed E-state index contributed by atoms with van der Waals surface area (Å²) in [6.45, 7) is 10.6. The molecule has 0 aromatic carbocycles. The van der Waals surface area contributed by atoms with Crippen molar-refractivity contribution in [2.75, 3.05) is 6.54 Å². The molecule has 0 amide bonds. The summed E-state index contributed by atoms with van der Waals surface area (Å²) in [5.74, 6) is 0.327. The molecule has 0 saturated carbocycles. The van der Waals surface area contributed by atoms with Crippen molar-refractivity contribution in [3.05, 3.63) is 47.3 Å². The van der Waals surface area contributed by atoms with Crippen LogP contribution >= 0.6 is 0 Å². The molecule has 0 radical (unpaired) electrons. The van der Waals surface area contributed by atoms with Gasteiger partial charge in [0.25, 0.3) is 0 Å². The van der Waals surface area contributed by atoms with Crippen molar-refractivity contribution in [3.8, 4) is 0 Å². The van der Waals surface area contributed by atoms with E-state index >= 15 is 0 Å². The maximum absolute atomic E-state index is 12.9. The number of hydrogen-bond donors (Lipinski definition) is 1. The second-order valence-electron chi connectivity index (χ2n) is 6.64. The highest BCUT2D eigenvalue weighted by Crippen LogP contribution is 2.21. The van der Waals surface area contributed by atoms with Gasteiger partial charge in [0.1, 0.15) is 17.7 Å². The van der Waals surface area contributed by atoms with Gasteiger partial charge in [-0.15, -0.1) is 16.8 Å². The van der Waals surface area contributed by atoms with Crippen molar-refractivity contribution in [2.45, 2.75) is 46.4 Å². The fourth-order valence-electron chi connectivity index (χ4n) is 3.52. The molecule has 1 aliphatic rings. The number of fused-ring (bicyclic) bond motifs is 1. The summed E-state index contributed by atoms with van der Waals surface area (Å²) in [6.07, 6.45) is 1.79. The maximum atomic E-state index is 12.9. The van der Waals surface area contributed by atoms with Crippen LogP contribution in [0.4, 0.5) is 0 Å². The van der Waals surface area contributed by atoms with E-state index in [4.69, 9.17) is 0 Å². The van der Waals surface area contributed by atoms with Gasteiger partial charge in [-0.3, -0.25) is 14.5 Å². The van der Waals surface area contributed by atoms with Crippen molar-refractivity contribution < 1.29 is 14.7 Å². The maximum Gasteiger partial charge on any atom is 0.322 e. The van der Waals surface area contributed by atoms with E-state index in [2.05, 4.69) is 16.8 Å². The minimum atomic E-state index is -0.950. The second-order valence-corrected chi connectivity index (χ2v) is 6.64. The first kappa shape index (κ1) is 18.1. The van der Waals surface area contributed by atoms with Gasteiger partial charge in [0.05, 0.1) is 19.6 Å². The lowest BCUT2D eigenvalue weighted by Crippen LogP contribution is -2.49. The number of hydrogen-bond acceptors (Lipinski definition) is 5.